The number of hydrogen-bond donors (Lipinski definition) is 0. The van der Waals surface area contributed by atoms with Crippen molar-refractivity contribution in [1.29, 1.82) is 0 Å². The van der Waals surface area contributed by atoms with E-state index in [-0.39, 0.29) is 29.6 Å². The van der Waals surface area contributed by atoms with Gasteiger partial charge in [0.1, 0.15) is 0 Å². The van der Waals surface area contributed by atoms with Gasteiger partial charge in [0.2, 0.25) is 0 Å². The van der Waals surface area contributed by atoms with Crippen molar-refractivity contribution in [3.63, 3.8) is 0 Å². The first-order valence-corrected chi connectivity index (χ1v) is 4.04. The van der Waals surface area contributed by atoms with E-state index in [1.165, 1.54) is 12.1 Å². The number of hydrogen-bond acceptors (Lipinski definition) is 2. The van der Waals surface area contributed by atoms with E-state index in [4.69, 9.17) is 0 Å². The summed E-state index contributed by atoms with van der Waals surface area (Å²) in [7, 11) is 0. The van der Waals surface area contributed by atoms with Gasteiger partial charge in [0.25, 0.3) is 0 Å². The van der Waals surface area contributed by atoms with E-state index in [1.807, 2.05) is 13.0 Å². The van der Waals surface area contributed by atoms with Crippen LogP contribution in [0.5, 0.6) is 5.75 Å². The monoisotopic (exact) mass is 186 g/mol. The van der Waals surface area contributed by atoms with Crippen LogP contribution in [0.15, 0.2) is 29.1 Å². The van der Waals surface area contributed by atoms with Crippen LogP contribution in [0.4, 0.5) is 0 Å². The van der Waals surface area contributed by atoms with Crippen molar-refractivity contribution in [3.8, 4) is 5.75 Å². The van der Waals surface area contributed by atoms with Crippen molar-refractivity contribution >= 4 is 0 Å². The Balaban J connectivity index is 0.00000144. The third kappa shape index (κ3) is 3.94. The molecule has 13 heavy (non-hydrogen) atoms. The molecule has 0 aliphatic rings. The molecule has 0 bridgehead atoms. The van der Waals surface area contributed by atoms with E-state index in [1.54, 1.807) is 6.07 Å². The second kappa shape index (κ2) is 6.19. The molecule has 0 saturated carbocycles. The van der Waals surface area contributed by atoms with Gasteiger partial charge in [-0.3, -0.25) is 4.79 Å². The van der Waals surface area contributed by atoms with Crippen molar-refractivity contribution in [2.75, 3.05) is 0 Å². The molecule has 0 amide bonds. The van der Waals surface area contributed by atoms with E-state index in [2.05, 4.69) is 0 Å². The molecule has 0 aromatic heterocycles. The van der Waals surface area contributed by atoms with Gasteiger partial charge < -0.3 is 5.11 Å². The summed E-state index contributed by atoms with van der Waals surface area (Å²) in [5.41, 5.74) is 0.502. The summed E-state index contributed by atoms with van der Waals surface area (Å²) in [5, 5.41) is 11.0. The third-order valence-electron chi connectivity index (χ3n) is 1.66. The van der Waals surface area contributed by atoms with Crippen molar-refractivity contribution < 1.29 is 34.7 Å². The summed E-state index contributed by atoms with van der Waals surface area (Å²) in [4.78, 5) is 10.9. The van der Waals surface area contributed by atoms with E-state index in [9.17, 15) is 9.90 Å². The van der Waals surface area contributed by atoms with Crippen LogP contribution in [0, 0.1) is 0 Å². The minimum absolute atomic E-state index is 0. The summed E-state index contributed by atoms with van der Waals surface area (Å²) in [6.07, 6.45) is 1.83. The van der Waals surface area contributed by atoms with Crippen LogP contribution in [0.1, 0.15) is 18.9 Å². The maximum Gasteiger partial charge on any atom is 1.00 e. The van der Waals surface area contributed by atoms with Gasteiger partial charge >= 0.3 is 29.6 Å². The Hall–Kier alpha value is -0.310. The Morgan fingerprint density at radius 1 is 1.38 bits per heavy atom. The molecule has 64 valence electrons. The molecular formula is C10H11NaO2. The molecule has 0 unspecified atom stereocenters. The molecule has 0 saturated heterocycles. The molecule has 0 heterocycles. The fourth-order valence-electron chi connectivity index (χ4n) is 1.07. The van der Waals surface area contributed by atoms with Gasteiger partial charge in [0.15, 0.2) is 5.43 Å². The Morgan fingerprint density at radius 2 is 2.08 bits per heavy atom. The molecule has 0 atom stereocenters. The maximum atomic E-state index is 11.0. The first-order valence-electron chi connectivity index (χ1n) is 4.04. The van der Waals surface area contributed by atoms with Gasteiger partial charge in [-0.1, -0.05) is 37.3 Å². The molecule has 0 aliphatic heterocycles. The van der Waals surface area contributed by atoms with Gasteiger partial charge in [-0.05, 0) is 18.1 Å². The summed E-state index contributed by atoms with van der Waals surface area (Å²) >= 11 is 0. The average Bonchev–Trinajstić information content (AvgIpc) is 2.16. The molecule has 1 aromatic carbocycles. The zero-order valence-corrected chi connectivity index (χ0v) is 10.0. The van der Waals surface area contributed by atoms with Crippen molar-refractivity contribution in [2.45, 2.75) is 19.8 Å². The number of rotatable bonds is 2. The van der Waals surface area contributed by atoms with Crippen molar-refractivity contribution in [3.05, 3.63) is 40.1 Å². The Labute approximate surface area is 99.9 Å². The molecule has 2 nitrogen and oxygen atoms in total. The van der Waals surface area contributed by atoms with E-state index < -0.39 is 11.2 Å². The summed E-state index contributed by atoms with van der Waals surface area (Å²) in [6, 6.07) is 6.17. The Morgan fingerprint density at radius 3 is 2.69 bits per heavy atom. The summed E-state index contributed by atoms with van der Waals surface area (Å²) in [5.74, 6) is -0.413. The zero-order valence-electron chi connectivity index (χ0n) is 8.04. The minimum Gasteiger partial charge on any atom is -0.870 e. The van der Waals surface area contributed by atoms with Crippen LogP contribution in [-0.4, -0.2) is 0 Å². The smallest absolute Gasteiger partial charge is 0.870 e. The molecule has 0 spiro atoms. The second-order valence-electron chi connectivity index (χ2n) is 2.72. The quantitative estimate of drug-likeness (QED) is 0.505. The Kier molecular flexibility index (Phi) is 6.04. The first-order chi connectivity index (χ1) is 5.74. The van der Waals surface area contributed by atoms with Gasteiger partial charge in [0.05, 0.1) is 0 Å². The van der Waals surface area contributed by atoms with Crippen LogP contribution in [0.3, 0.4) is 0 Å². The van der Waals surface area contributed by atoms with E-state index in [0.717, 1.165) is 18.4 Å². The minimum atomic E-state index is -0.433. The molecule has 3 heteroatoms. The van der Waals surface area contributed by atoms with Gasteiger partial charge in [-0.15, -0.1) is 0 Å². The molecule has 0 N–H and O–H groups in total. The average molecular weight is 186 g/mol. The zero-order chi connectivity index (χ0) is 8.97. The Bertz CT molecular complexity index is 323. The van der Waals surface area contributed by atoms with Gasteiger partial charge in [-0.2, -0.15) is 0 Å². The third-order valence-corrected chi connectivity index (χ3v) is 1.66. The van der Waals surface area contributed by atoms with Crippen LogP contribution in [0.25, 0.3) is 0 Å². The van der Waals surface area contributed by atoms with Crippen LogP contribution in [-0.2, 0) is 6.42 Å². The van der Waals surface area contributed by atoms with E-state index in [0.29, 0.717) is 0 Å². The van der Waals surface area contributed by atoms with Crippen molar-refractivity contribution in [2.24, 2.45) is 0 Å². The summed E-state index contributed by atoms with van der Waals surface area (Å²) < 4.78 is 0. The van der Waals surface area contributed by atoms with Crippen LogP contribution < -0.4 is 40.1 Å². The van der Waals surface area contributed by atoms with Gasteiger partial charge in [0, 0.05) is 0 Å². The summed E-state index contributed by atoms with van der Waals surface area (Å²) in [6.45, 7) is 2.04. The fourth-order valence-corrected chi connectivity index (χ4v) is 1.07. The van der Waals surface area contributed by atoms with Gasteiger partial charge in [-0.25, -0.2) is 0 Å². The largest absolute Gasteiger partial charge is 1.00 e. The topological polar surface area (TPSA) is 40.1 Å². The molecular weight excluding hydrogens is 175 g/mol. The fraction of sp³-hybridized carbons (Fsp3) is 0.300. The first kappa shape index (κ1) is 12.7. The molecule has 0 fully saturated rings. The normalized spacial score (nSPS) is 9.00. The molecule has 1 rings (SSSR count). The van der Waals surface area contributed by atoms with E-state index >= 15 is 0 Å². The maximum absolute atomic E-state index is 11.0. The second-order valence-corrected chi connectivity index (χ2v) is 2.72. The van der Waals surface area contributed by atoms with Crippen LogP contribution in [0.2, 0.25) is 0 Å². The standard InChI is InChI=1S/C10H12O2.Na/c1-2-4-8-5-3-6-9(11)10(12)7-8;/h3,5-7H,2,4H2,1H3,(H,11,12);/q;+1/p-1. The predicted octanol–water partition coefficient (Wildman–Crippen LogP) is -1.92. The predicted molar refractivity (Wildman–Crippen MR) is 46.2 cm³/mol. The van der Waals surface area contributed by atoms with Crippen LogP contribution >= 0.6 is 0 Å². The number of aryl methyl sites for hydroxylation is 1. The molecule has 0 radical (unpaired) electrons. The van der Waals surface area contributed by atoms with Crippen molar-refractivity contribution in [1.82, 2.24) is 0 Å². The SMILES string of the molecule is CCCc1cccc(=O)c([O-])c1.[Na+]. The molecule has 0 aliphatic carbocycles. The molecule has 1 aromatic rings.